The number of carbonyl (C=O) groups excluding carboxylic acids is 2. The summed E-state index contributed by atoms with van der Waals surface area (Å²) < 4.78 is 13.2. The third kappa shape index (κ3) is 4.12. The van der Waals surface area contributed by atoms with Crippen molar-refractivity contribution in [2.45, 2.75) is 26.8 Å². The smallest absolute Gasteiger partial charge is 0.293 e. The maximum Gasteiger partial charge on any atom is 0.293 e. The fourth-order valence-electron chi connectivity index (χ4n) is 3.91. The minimum atomic E-state index is -0.462. The Kier molecular flexibility index (Phi) is 5.55. The molecular weight excluding hydrogens is 427 g/mol. The summed E-state index contributed by atoms with van der Waals surface area (Å²) >= 11 is 0. The molecule has 0 bridgehead atoms. The quantitative estimate of drug-likeness (QED) is 0.299. The molecule has 2 aromatic carbocycles. The summed E-state index contributed by atoms with van der Waals surface area (Å²) in [6.45, 7) is 5.00. The summed E-state index contributed by atoms with van der Waals surface area (Å²) in [5, 5.41) is 16.9. The van der Waals surface area contributed by atoms with Crippen LogP contribution in [0.5, 0.6) is 0 Å². The van der Waals surface area contributed by atoms with E-state index >= 15 is 0 Å². The van der Waals surface area contributed by atoms with Crippen molar-refractivity contribution >= 4 is 34.8 Å². The molecule has 168 valence electrons. The van der Waals surface area contributed by atoms with E-state index in [1.165, 1.54) is 12.1 Å². The molecule has 3 aromatic rings. The van der Waals surface area contributed by atoms with Gasteiger partial charge in [-0.15, -0.1) is 0 Å². The maximum absolute atomic E-state index is 13.2. The van der Waals surface area contributed by atoms with E-state index in [1.807, 2.05) is 0 Å². The molecular formula is C24H21FN4O4. The molecule has 2 heterocycles. The number of hydrogen-bond donors (Lipinski definition) is 3. The van der Waals surface area contributed by atoms with E-state index in [9.17, 15) is 24.1 Å². The zero-order valence-electron chi connectivity index (χ0n) is 18.2. The molecule has 0 aliphatic carbocycles. The van der Waals surface area contributed by atoms with Crippen LogP contribution in [0.15, 0.2) is 42.5 Å². The number of nitrogens with zero attached hydrogens (tertiary/aromatic N) is 1. The second kappa shape index (κ2) is 8.34. The van der Waals surface area contributed by atoms with Gasteiger partial charge in [-0.2, -0.15) is 0 Å². The summed E-state index contributed by atoms with van der Waals surface area (Å²) in [7, 11) is 0. The predicted molar refractivity (Wildman–Crippen MR) is 122 cm³/mol. The highest BCUT2D eigenvalue weighted by Gasteiger charge is 2.27. The number of nitro groups is 1. The van der Waals surface area contributed by atoms with Crippen LogP contribution in [0.25, 0.3) is 11.6 Å². The number of nitrogens with one attached hydrogen (secondary N) is 3. The SMILES string of the molecule is Cc1[nH]c(C=C2C(=O)Nc3ccc(C(=O)NC(C)c4ccc(F)cc4)cc32)c(C)c1[N+](=O)[O-]. The van der Waals surface area contributed by atoms with Gasteiger partial charge in [0.05, 0.1) is 27.8 Å². The van der Waals surface area contributed by atoms with E-state index in [0.717, 1.165) is 5.56 Å². The molecule has 8 nitrogen and oxygen atoms in total. The highest BCUT2D eigenvalue weighted by atomic mass is 19.1. The Balaban J connectivity index is 1.64. The van der Waals surface area contributed by atoms with E-state index in [2.05, 4.69) is 15.6 Å². The summed E-state index contributed by atoms with van der Waals surface area (Å²) in [6, 6.07) is 10.4. The lowest BCUT2D eigenvalue weighted by Gasteiger charge is -2.15. The lowest BCUT2D eigenvalue weighted by molar-refractivity contribution is -0.385. The highest BCUT2D eigenvalue weighted by molar-refractivity contribution is 6.35. The van der Waals surface area contributed by atoms with Crippen LogP contribution >= 0.6 is 0 Å². The average molecular weight is 448 g/mol. The molecule has 1 aliphatic heterocycles. The zero-order chi connectivity index (χ0) is 23.9. The Morgan fingerprint density at radius 2 is 1.88 bits per heavy atom. The van der Waals surface area contributed by atoms with Crippen molar-refractivity contribution in [2.24, 2.45) is 0 Å². The first-order valence-corrected chi connectivity index (χ1v) is 10.2. The molecule has 0 radical (unpaired) electrons. The number of H-pyrrole nitrogens is 1. The number of halogens is 1. The Hall–Kier alpha value is -4.27. The molecule has 1 unspecified atom stereocenters. The fraction of sp³-hybridized carbons (Fsp3) is 0.167. The summed E-state index contributed by atoms with van der Waals surface area (Å²) in [4.78, 5) is 39.2. The molecule has 1 aromatic heterocycles. The minimum absolute atomic E-state index is 0.0246. The first kappa shape index (κ1) is 21.9. The summed E-state index contributed by atoms with van der Waals surface area (Å²) in [5.41, 5.74) is 3.71. The average Bonchev–Trinajstić information content (AvgIpc) is 3.23. The van der Waals surface area contributed by atoms with Crippen molar-refractivity contribution in [3.63, 3.8) is 0 Å². The van der Waals surface area contributed by atoms with Gasteiger partial charge >= 0.3 is 0 Å². The molecule has 1 atom stereocenters. The van der Waals surface area contributed by atoms with E-state index in [1.54, 1.807) is 57.2 Å². The molecule has 3 N–H and O–H groups in total. The van der Waals surface area contributed by atoms with Gasteiger partial charge in [0, 0.05) is 22.5 Å². The number of fused-ring (bicyclic) bond motifs is 1. The monoisotopic (exact) mass is 448 g/mol. The van der Waals surface area contributed by atoms with Crippen LogP contribution in [0.3, 0.4) is 0 Å². The molecule has 0 fully saturated rings. The summed E-state index contributed by atoms with van der Waals surface area (Å²) in [5.74, 6) is -1.07. The van der Waals surface area contributed by atoms with Gasteiger partial charge in [0.1, 0.15) is 5.82 Å². The standard InChI is InChI=1S/C24H21FN4O4/c1-12-21(26-14(3)22(12)29(32)33)11-19-18-10-16(6-9-20(18)28-24(19)31)23(30)27-13(2)15-4-7-17(25)8-5-15/h4-11,13,26H,1-3H3,(H,27,30)(H,28,31). The number of benzene rings is 2. The first-order valence-electron chi connectivity index (χ1n) is 10.2. The van der Waals surface area contributed by atoms with Crippen LogP contribution in [0.1, 0.15) is 51.4 Å². The normalized spacial score (nSPS) is 14.7. The lowest BCUT2D eigenvalue weighted by atomic mass is 10.0. The Labute approximate surface area is 188 Å². The number of carbonyl (C=O) groups is 2. The fourth-order valence-corrected chi connectivity index (χ4v) is 3.91. The molecule has 1 aliphatic rings. The minimum Gasteiger partial charge on any atom is -0.353 e. The largest absolute Gasteiger partial charge is 0.353 e. The zero-order valence-corrected chi connectivity index (χ0v) is 18.2. The Bertz CT molecular complexity index is 1320. The second-order valence-electron chi connectivity index (χ2n) is 7.91. The van der Waals surface area contributed by atoms with Gasteiger partial charge in [-0.3, -0.25) is 19.7 Å². The van der Waals surface area contributed by atoms with Crippen LogP contribution in [-0.2, 0) is 4.79 Å². The summed E-state index contributed by atoms with van der Waals surface area (Å²) in [6.07, 6.45) is 1.55. The van der Waals surface area contributed by atoms with Crippen LogP contribution in [0.2, 0.25) is 0 Å². The van der Waals surface area contributed by atoms with Crippen molar-refractivity contribution in [3.05, 3.63) is 92.0 Å². The predicted octanol–water partition coefficient (Wildman–Crippen LogP) is 4.66. The van der Waals surface area contributed by atoms with Crippen LogP contribution in [-0.4, -0.2) is 21.7 Å². The van der Waals surface area contributed by atoms with E-state index in [0.29, 0.717) is 39.3 Å². The van der Waals surface area contributed by atoms with Crippen molar-refractivity contribution < 1.29 is 18.9 Å². The van der Waals surface area contributed by atoms with Crippen molar-refractivity contribution in [2.75, 3.05) is 5.32 Å². The molecule has 0 saturated heterocycles. The molecule has 0 saturated carbocycles. The lowest BCUT2D eigenvalue weighted by Crippen LogP contribution is -2.26. The van der Waals surface area contributed by atoms with Gasteiger partial charge in [0.2, 0.25) is 0 Å². The highest BCUT2D eigenvalue weighted by Crippen LogP contribution is 2.36. The number of hydrogen-bond acceptors (Lipinski definition) is 4. The molecule has 9 heteroatoms. The number of aromatic nitrogens is 1. The number of aryl methyl sites for hydroxylation is 1. The van der Waals surface area contributed by atoms with Gasteiger partial charge < -0.3 is 15.6 Å². The number of rotatable bonds is 5. The maximum atomic E-state index is 13.2. The van der Waals surface area contributed by atoms with Gasteiger partial charge in [-0.05, 0) is 62.7 Å². The third-order valence-electron chi connectivity index (χ3n) is 5.69. The Morgan fingerprint density at radius 1 is 1.18 bits per heavy atom. The van der Waals surface area contributed by atoms with Gasteiger partial charge in [-0.1, -0.05) is 12.1 Å². The van der Waals surface area contributed by atoms with E-state index in [-0.39, 0.29) is 29.4 Å². The van der Waals surface area contributed by atoms with E-state index < -0.39 is 4.92 Å². The second-order valence-corrected chi connectivity index (χ2v) is 7.91. The van der Waals surface area contributed by atoms with Gasteiger partial charge in [0.15, 0.2) is 0 Å². The Morgan fingerprint density at radius 3 is 2.52 bits per heavy atom. The third-order valence-corrected chi connectivity index (χ3v) is 5.69. The van der Waals surface area contributed by atoms with Crippen LogP contribution < -0.4 is 10.6 Å². The molecule has 2 amide bonds. The number of amides is 2. The van der Waals surface area contributed by atoms with E-state index in [4.69, 9.17) is 0 Å². The molecule has 4 rings (SSSR count). The molecule has 33 heavy (non-hydrogen) atoms. The van der Waals surface area contributed by atoms with Gasteiger partial charge in [0.25, 0.3) is 17.5 Å². The van der Waals surface area contributed by atoms with Crippen molar-refractivity contribution in [1.29, 1.82) is 0 Å². The first-order chi connectivity index (χ1) is 15.7. The van der Waals surface area contributed by atoms with Gasteiger partial charge in [-0.25, -0.2) is 4.39 Å². The number of aromatic amines is 1. The topological polar surface area (TPSA) is 117 Å². The number of anilines is 1. The van der Waals surface area contributed by atoms with Crippen molar-refractivity contribution in [3.8, 4) is 0 Å². The van der Waals surface area contributed by atoms with Crippen LogP contribution in [0, 0.1) is 29.8 Å². The molecule has 0 spiro atoms. The van der Waals surface area contributed by atoms with Crippen molar-refractivity contribution in [1.82, 2.24) is 10.3 Å². The van der Waals surface area contributed by atoms with Crippen LogP contribution in [0.4, 0.5) is 15.8 Å².